The van der Waals surface area contributed by atoms with Crippen molar-refractivity contribution < 1.29 is 31.5 Å². The first kappa shape index (κ1) is 21.1. The number of benzene rings is 2. The zero-order chi connectivity index (χ0) is 20.9. The molecular formula is C19H15F5N2O2. The summed E-state index contributed by atoms with van der Waals surface area (Å²) in [5.41, 5.74) is -0.478. The Morgan fingerprint density at radius 1 is 1.00 bits per heavy atom. The summed E-state index contributed by atoms with van der Waals surface area (Å²) < 4.78 is 64.1. The largest absolute Gasteiger partial charge is 0.416 e. The lowest BCUT2D eigenvalue weighted by molar-refractivity contribution is -0.137. The molecule has 9 heteroatoms. The van der Waals surface area contributed by atoms with Crippen LogP contribution < -0.4 is 10.6 Å². The van der Waals surface area contributed by atoms with Crippen LogP contribution in [0.15, 0.2) is 48.5 Å². The lowest BCUT2D eigenvalue weighted by atomic mass is 10.1. The maximum atomic E-state index is 13.4. The minimum absolute atomic E-state index is 0.0227. The fourth-order valence-corrected chi connectivity index (χ4v) is 2.28. The van der Waals surface area contributed by atoms with Crippen molar-refractivity contribution in [2.75, 3.05) is 7.05 Å². The maximum absolute atomic E-state index is 13.4. The SMILES string of the molecule is CNC(=O)C(NC(=O)C=Cc1ccc(C(F)(F)F)cc1)c1ccc(F)c(F)c1. The summed E-state index contributed by atoms with van der Waals surface area (Å²) in [4.78, 5) is 24.1. The predicted octanol–water partition coefficient (Wildman–Crippen LogP) is 3.60. The van der Waals surface area contributed by atoms with Gasteiger partial charge >= 0.3 is 6.18 Å². The summed E-state index contributed by atoms with van der Waals surface area (Å²) in [6, 6.07) is 5.57. The Bertz CT molecular complexity index is 892. The molecule has 28 heavy (non-hydrogen) atoms. The fraction of sp³-hybridized carbons (Fsp3) is 0.158. The minimum atomic E-state index is -4.47. The highest BCUT2D eigenvalue weighted by Crippen LogP contribution is 2.29. The van der Waals surface area contributed by atoms with Crippen LogP contribution in [-0.4, -0.2) is 18.9 Å². The molecule has 0 fully saturated rings. The third kappa shape index (κ3) is 5.38. The number of nitrogens with one attached hydrogen (secondary N) is 2. The van der Waals surface area contributed by atoms with Gasteiger partial charge in [-0.15, -0.1) is 0 Å². The van der Waals surface area contributed by atoms with Gasteiger partial charge in [-0.05, 0) is 41.5 Å². The highest BCUT2D eigenvalue weighted by molar-refractivity contribution is 5.95. The van der Waals surface area contributed by atoms with Gasteiger partial charge < -0.3 is 10.6 Å². The van der Waals surface area contributed by atoms with Crippen molar-refractivity contribution in [2.24, 2.45) is 0 Å². The maximum Gasteiger partial charge on any atom is 0.416 e. The van der Waals surface area contributed by atoms with E-state index in [1.165, 1.54) is 25.3 Å². The van der Waals surface area contributed by atoms with Crippen molar-refractivity contribution in [2.45, 2.75) is 12.2 Å². The summed E-state index contributed by atoms with van der Waals surface area (Å²) >= 11 is 0. The third-order valence-corrected chi connectivity index (χ3v) is 3.74. The van der Waals surface area contributed by atoms with E-state index in [4.69, 9.17) is 0 Å². The molecule has 0 aliphatic heterocycles. The van der Waals surface area contributed by atoms with Crippen LogP contribution in [0, 0.1) is 11.6 Å². The number of alkyl halides is 3. The van der Waals surface area contributed by atoms with Crippen molar-refractivity contribution in [1.29, 1.82) is 0 Å². The predicted molar refractivity (Wildman–Crippen MR) is 91.8 cm³/mol. The third-order valence-electron chi connectivity index (χ3n) is 3.74. The number of hydrogen-bond donors (Lipinski definition) is 2. The van der Waals surface area contributed by atoms with Gasteiger partial charge in [0, 0.05) is 13.1 Å². The van der Waals surface area contributed by atoms with E-state index in [2.05, 4.69) is 10.6 Å². The second kappa shape index (κ2) is 8.64. The van der Waals surface area contributed by atoms with Gasteiger partial charge in [-0.2, -0.15) is 13.2 Å². The standard InChI is InChI=1S/C19H15F5N2O2/c1-25-18(28)17(12-5-8-14(20)15(21)10-12)26-16(27)9-4-11-2-6-13(7-3-11)19(22,23)24/h2-10,17H,1H3,(H,25,28)(H,26,27). The summed E-state index contributed by atoms with van der Waals surface area (Å²) in [6.45, 7) is 0. The molecule has 2 aromatic carbocycles. The number of hydrogen-bond acceptors (Lipinski definition) is 2. The molecule has 0 bridgehead atoms. The van der Waals surface area contributed by atoms with Crippen LogP contribution in [0.3, 0.4) is 0 Å². The Morgan fingerprint density at radius 3 is 2.18 bits per heavy atom. The van der Waals surface area contributed by atoms with Crippen molar-refractivity contribution in [3.8, 4) is 0 Å². The first-order chi connectivity index (χ1) is 13.1. The van der Waals surface area contributed by atoms with E-state index in [0.717, 1.165) is 36.4 Å². The summed E-state index contributed by atoms with van der Waals surface area (Å²) in [7, 11) is 1.30. The van der Waals surface area contributed by atoms with Gasteiger partial charge in [-0.3, -0.25) is 9.59 Å². The quantitative estimate of drug-likeness (QED) is 0.597. The Labute approximate surface area is 157 Å². The Balaban J connectivity index is 2.14. The van der Waals surface area contributed by atoms with Crippen LogP contribution in [0.1, 0.15) is 22.7 Å². The molecule has 2 aromatic rings. The van der Waals surface area contributed by atoms with Crippen LogP contribution in [0.5, 0.6) is 0 Å². The molecule has 0 saturated carbocycles. The monoisotopic (exact) mass is 398 g/mol. The van der Waals surface area contributed by atoms with E-state index >= 15 is 0 Å². The molecular weight excluding hydrogens is 383 g/mol. The van der Waals surface area contributed by atoms with E-state index in [-0.39, 0.29) is 5.56 Å². The van der Waals surface area contributed by atoms with Crippen LogP contribution in [0.25, 0.3) is 6.08 Å². The number of carbonyl (C=O) groups is 2. The van der Waals surface area contributed by atoms with E-state index in [1.54, 1.807) is 0 Å². The van der Waals surface area contributed by atoms with Crippen LogP contribution in [0.4, 0.5) is 22.0 Å². The molecule has 1 unspecified atom stereocenters. The van der Waals surface area contributed by atoms with Gasteiger partial charge in [0.25, 0.3) is 0 Å². The van der Waals surface area contributed by atoms with Crippen LogP contribution >= 0.6 is 0 Å². The first-order valence-corrected chi connectivity index (χ1v) is 7.94. The minimum Gasteiger partial charge on any atom is -0.357 e. The Morgan fingerprint density at radius 2 is 1.64 bits per heavy atom. The number of carbonyl (C=O) groups excluding carboxylic acids is 2. The number of halogens is 5. The normalized spacial score (nSPS) is 12.6. The summed E-state index contributed by atoms with van der Waals surface area (Å²) in [6.07, 6.45) is -2.20. The van der Waals surface area contributed by atoms with E-state index in [1.807, 2.05) is 0 Å². The lowest BCUT2D eigenvalue weighted by Gasteiger charge is -2.17. The molecule has 0 saturated heterocycles. The molecule has 0 spiro atoms. The van der Waals surface area contributed by atoms with Gasteiger partial charge in [0.1, 0.15) is 6.04 Å². The lowest BCUT2D eigenvalue weighted by Crippen LogP contribution is -2.38. The molecule has 0 aliphatic carbocycles. The van der Waals surface area contributed by atoms with Crippen molar-refractivity contribution in [3.63, 3.8) is 0 Å². The molecule has 2 rings (SSSR count). The highest BCUT2D eigenvalue weighted by atomic mass is 19.4. The first-order valence-electron chi connectivity index (χ1n) is 7.94. The van der Waals surface area contributed by atoms with E-state index < -0.39 is 41.2 Å². The smallest absolute Gasteiger partial charge is 0.357 e. The molecule has 0 aromatic heterocycles. The van der Waals surface area contributed by atoms with Gasteiger partial charge in [0.05, 0.1) is 5.56 Å². The highest BCUT2D eigenvalue weighted by Gasteiger charge is 2.29. The second-order valence-electron chi connectivity index (χ2n) is 5.68. The topological polar surface area (TPSA) is 58.2 Å². The molecule has 0 aliphatic rings. The van der Waals surface area contributed by atoms with Crippen LogP contribution in [-0.2, 0) is 15.8 Å². The van der Waals surface area contributed by atoms with E-state index in [0.29, 0.717) is 5.56 Å². The van der Waals surface area contributed by atoms with Gasteiger partial charge in [-0.1, -0.05) is 18.2 Å². The summed E-state index contributed by atoms with van der Waals surface area (Å²) in [5, 5.41) is 4.63. The van der Waals surface area contributed by atoms with Gasteiger partial charge in [-0.25, -0.2) is 8.78 Å². The number of likely N-dealkylation sites (N-methyl/N-ethyl adjacent to an activating group) is 1. The Hall–Kier alpha value is -3.23. The molecule has 148 valence electrons. The molecule has 2 amide bonds. The number of rotatable bonds is 5. The summed E-state index contributed by atoms with van der Waals surface area (Å²) in [5.74, 6) is -3.70. The zero-order valence-corrected chi connectivity index (χ0v) is 14.5. The van der Waals surface area contributed by atoms with Crippen LogP contribution in [0.2, 0.25) is 0 Å². The van der Waals surface area contributed by atoms with E-state index in [9.17, 15) is 31.5 Å². The Kier molecular flexibility index (Phi) is 6.50. The molecule has 1 atom stereocenters. The average molecular weight is 398 g/mol. The number of amides is 2. The molecule has 2 N–H and O–H groups in total. The average Bonchev–Trinajstić information content (AvgIpc) is 2.65. The zero-order valence-electron chi connectivity index (χ0n) is 14.5. The van der Waals surface area contributed by atoms with Crippen molar-refractivity contribution >= 4 is 17.9 Å². The fourth-order valence-electron chi connectivity index (χ4n) is 2.28. The molecule has 0 heterocycles. The van der Waals surface area contributed by atoms with Crippen molar-refractivity contribution in [3.05, 3.63) is 76.9 Å². The van der Waals surface area contributed by atoms with Gasteiger partial charge in [0.15, 0.2) is 11.6 Å². The van der Waals surface area contributed by atoms with Gasteiger partial charge in [0.2, 0.25) is 11.8 Å². The second-order valence-corrected chi connectivity index (χ2v) is 5.68. The molecule has 4 nitrogen and oxygen atoms in total. The molecule has 0 radical (unpaired) electrons. The van der Waals surface area contributed by atoms with Crippen molar-refractivity contribution in [1.82, 2.24) is 10.6 Å².